The highest BCUT2D eigenvalue weighted by molar-refractivity contribution is 6.31. The summed E-state index contributed by atoms with van der Waals surface area (Å²) in [5.74, 6) is 0.575. The van der Waals surface area contributed by atoms with E-state index in [2.05, 4.69) is 35.5 Å². The summed E-state index contributed by atoms with van der Waals surface area (Å²) >= 11 is 6.08. The molecule has 1 aromatic carbocycles. The summed E-state index contributed by atoms with van der Waals surface area (Å²) in [6.07, 6.45) is 10.0. The molecule has 33 heavy (non-hydrogen) atoms. The third kappa shape index (κ3) is 3.23. The summed E-state index contributed by atoms with van der Waals surface area (Å²) in [7, 11) is 0. The van der Waals surface area contributed by atoms with Crippen LogP contribution >= 0.6 is 11.6 Å². The van der Waals surface area contributed by atoms with E-state index in [0.29, 0.717) is 35.0 Å². The number of H-pyrrole nitrogens is 2. The minimum absolute atomic E-state index is 0.0251. The Morgan fingerprint density at radius 2 is 2.12 bits per heavy atom. The Labute approximate surface area is 191 Å². The van der Waals surface area contributed by atoms with Crippen molar-refractivity contribution in [2.75, 3.05) is 0 Å². The molecule has 0 aliphatic carbocycles. The molecule has 5 heterocycles. The molecule has 3 aromatic heterocycles. The Kier molecular flexibility index (Phi) is 4.57. The van der Waals surface area contributed by atoms with Gasteiger partial charge < -0.3 is 14.9 Å². The molecule has 1 saturated heterocycles. The molecule has 2 atom stereocenters. The van der Waals surface area contributed by atoms with E-state index in [0.717, 1.165) is 12.8 Å². The van der Waals surface area contributed by atoms with Crippen molar-refractivity contribution in [1.82, 2.24) is 45.0 Å². The molecule has 166 valence electrons. The first-order chi connectivity index (χ1) is 16.1. The highest BCUT2D eigenvalue weighted by Gasteiger charge is 2.42. The minimum Gasteiger partial charge on any atom is -0.346 e. The van der Waals surface area contributed by atoms with Crippen molar-refractivity contribution in [1.29, 1.82) is 0 Å². The molecule has 2 N–H and O–H groups in total. The SMILES string of the molecule is O=C1C=C(c2c(-n3cnnn3)ccc(Cl)c2F)CC2CC[C@@H](c3nc(-c4ncc[nH]4)c[nH]3)N12. The van der Waals surface area contributed by atoms with Crippen molar-refractivity contribution in [2.24, 2.45) is 0 Å². The average Bonchev–Trinajstić information content (AvgIpc) is 3.61. The number of carbonyl (C=O) groups is 1. The maximum Gasteiger partial charge on any atom is 0.247 e. The smallest absolute Gasteiger partial charge is 0.247 e. The molecule has 0 bridgehead atoms. The van der Waals surface area contributed by atoms with E-state index in [-0.39, 0.29) is 28.6 Å². The number of nitrogens with zero attached hydrogens (tertiary/aromatic N) is 7. The second kappa shape index (κ2) is 7.62. The van der Waals surface area contributed by atoms with Gasteiger partial charge >= 0.3 is 0 Å². The third-order valence-corrected chi connectivity index (χ3v) is 6.45. The zero-order valence-corrected chi connectivity index (χ0v) is 17.9. The van der Waals surface area contributed by atoms with Crippen LogP contribution in [0.1, 0.15) is 36.7 Å². The molecule has 2 aliphatic rings. The lowest BCUT2D eigenvalue weighted by Gasteiger charge is -2.33. The van der Waals surface area contributed by atoms with Crippen LogP contribution in [-0.4, -0.2) is 57.0 Å². The van der Waals surface area contributed by atoms with Crippen molar-refractivity contribution in [3.8, 4) is 17.2 Å². The number of rotatable bonds is 4. The van der Waals surface area contributed by atoms with Gasteiger partial charge in [0.15, 0.2) is 11.6 Å². The zero-order chi connectivity index (χ0) is 22.5. The van der Waals surface area contributed by atoms with E-state index in [1.54, 1.807) is 24.7 Å². The van der Waals surface area contributed by atoms with Gasteiger partial charge in [-0.25, -0.2) is 14.4 Å². The number of fused-ring (bicyclic) bond motifs is 1. The third-order valence-electron chi connectivity index (χ3n) is 6.15. The van der Waals surface area contributed by atoms with Crippen molar-refractivity contribution in [3.05, 3.63) is 65.4 Å². The van der Waals surface area contributed by atoms with Gasteiger partial charge in [-0.2, -0.15) is 4.68 Å². The van der Waals surface area contributed by atoms with Gasteiger partial charge in [0.05, 0.1) is 16.8 Å². The van der Waals surface area contributed by atoms with Crippen LogP contribution in [0, 0.1) is 5.82 Å². The van der Waals surface area contributed by atoms with Gasteiger partial charge in [-0.05, 0) is 47.4 Å². The fraction of sp³-hybridized carbons (Fsp3) is 0.238. The number of carbonyl (C=O) groups excluding carboxylic acids is 1. The van der Waals surface area contributed by atoms with Crippen LogP contribution in [0.5, 0.6) is 0 Å². The van der Waals surface area contributed by atoms with Gasteiger partial charge in [-0.1, -0.05) is 11.6 Å². The summed E-state index contributed by atoms with van der Waals surface area (Å²) in [5, 5.41) is 11.1. The first kappa shape index (κ1) is 19.8. The lowest BCUT2D eigenvalue weighted by Crippen LogP contribution is -2.39. The largest absolute Gasteiger partial charge is 0.346 e. The Hall–Kier alpha value is -3.86. The number of aromatic nitrogens is 8. The van der Waals surface area contributed by atoms with Crippen LogP contribution in [0.3, 0.4) is 0 Å². The maximum absolute atomic E-state index is 15.2. The first-order valence-corrected chi connectivity index (χ1v) is 10.8. The number of amides is 1. The van der Waals surface area contributed by atoms with Crippen LogP contribution in [-0.2, 0) is 4.79 Å². The van der Waals surface area contributed by atoms with Crippen LogP contribution in [0.25, 0.3) is 22.8 Å². The van der Waals surface area contributed by atoms with Gasteiger partial charge in [0.25, 0.3) is 0 Å². The summed E-state index contributed by atoms with van der Waals surface area (Å²) in [5.41, 5.74) is 1.93. The number of benzene rings is 1. The van der Waals surface area contributed by atoms with E-state index in [4.69, 9.17) is 11.6 Å². The van der Waals surface area contributed by atoms with Crippen LogP contribution in [0.4, 0.5) is 4.39 Å². The second-order valence-electron chi connectivity index (χ2n) is 7.98. The predicted octanol–water partition coefficient (Wildman–Crippen LogP) is 3.09. The normalized spacial score (nSPS) is 20.2. The van der Waals surface area contributed by atoms with Gasteiger partial charge in [-0.3, -0.25) is 4.79 Å². The Morgan fingerprint density at radius 1 is 1.21 bits per heavy atom. The highest BCUT2D eigenvalue weighted by atomic mass is 35.5. The Morgan fingerprint density at radius 3 is 2.91 bits per heavy atom. The average molecular weight is 466 g/mol. The number of tetrazole rings is 1. The van der Waals surface area contributed by atoms with Gasteiger partial charge in [0, 0.05) is 36.3 Å². The molecule has 1 unspecified atom stereocenters. The fourth-order valence-electron chi connectivity index (χ4n) is 4.74. The molecule has 2 aliphatic heterocycles. The topological polar surface area (TPSA) is 121 Å². The number of halogens is 2. The Balaban J connectivity index is 1.35. The van der Waals surface area contributed by atoms with E-state index in [9.17, 15) is 4.79 Å². The van der Waals surface area contributed by atoms with E-state index in [1.165, 1.54) is 23.2 Å². The van der Waals surface area contributed by atoms with Crippen molar-refractivity contribution >= 4 is 23.1 Å². The van der Waals surface area contributed by atoms with Gasteiger partial charge in [0.1, 0.15) is 17.8 Å². The summed E-state index contributed by atoms with van der Waals surface area (Å²) < 4.78 is 16.5. The summed E-state index contributed by atoms with van der Waals surface area (Å²) in [6, 6.07) is 2.83. The summed E-state index contributed by atoms with van der Waals surface area (Å²) in [6.45, 7) is 0. The molecule has 4 aromatic rings. The number of imidazole rings is 2. The Bertz CT molecular complexity index is 1360. The lowest BCUT2D eigenvalue weighted by atomic mass is 9.92. The second-order valence-corrected chi connectivity index (χ2v) is 8.39. The molecule has 1 amide bonds. The zero-order valence-electron chi connectivity index (χ0n) is 17.1. The predicted molar refractivity (Wildman–Crippen MR) is 115 cm³/mol. The van der Waals surface area contributed by atoms with Gasteiger partial charge in [-0.15, -0.1) is 5.10 Å². The molecule has 0 spiro atoms. The number of hydrogen-bond donors (Lipinski definition) is 2. The van der Waals surface area contributed by atoms with E-state index >= 15 is 4.39 Å². The molecule has 6 rings (SSSR count). The van der Waals surface area contributed by atoms with Crippen molar-refractivity contribution in [2.45, 2.75) is 31.3 Å². The highest BCUT2D eigenvalue weighted by Crippen LogP contribution is 2.44. The number of aromatic amines is 2. The fourth-order valence-corrected chi connectivity index (χ4v) is 4.90. The van der Waals surface area contributed by atoms with Crippen molar-refractivity contribution < 1.29 is 9.18 Å². The van der Waals surface area contributed by atoms with Crippen molar-refractivity contribution in [3.63, 3.8) is 0 Å². The minimum atomic E-state index is -0.596. The van der Waals surface area contributed by atoms with E-state index < -0.39 is 5.82 Å². The molecule has 0 radical (unpaired) electrons. The molecule has 10 nitrogen and oxygen atoms in total. The number of nitrogens with one attached hydrogen (secondary N) is 2. The molecular formula is C21H17ClFN9O. The van der Waals surface area contributed by atoms with E-state index in [1.807, 2.05) is 4.90 Å². The maximum atomic E-state index is 15.2. The molecular weight excluding hydrogens is 449 g/mol. The van der Waals surface area contributed by atoms with Crippen LogP contribution in [0.15, 0.2) is 43.1 Å². The van der Waals surface area contributed by atoms with Crippen LogP contribution < -0.4 is 0 Å². The van der Waals surface area contributed by atoms with Gasteiger partial charge in [0.2, 0.25) is 5.91 Å². The molecule has 12 heteroatoms. The summed E-state index contributed by atoms with van der Waals surface area (Å²) in [4.78, 5) is 30.2. The molecule has 0 saturated carbocycles. The monoisotopic (exact) mass is 465 g/mol. The lowest BCUT2D eigenvalue weighted by molar-refractivity contribution is -0.129. The number of hydrogen-bond acceptors (Lipinski definition) is 6. The first-order valence-electron chi connectivity index (χ1n) is 10.4. The molecule has 1 fully saturated rings. The standard InChI is InChI=1S/C21H17ClFN9O/c22-13-2-4-15(31-10-27-29-30-31)18(19(13)23)11-7-12-1-3-16(32(12)17(33)8-11)21-26-9-14(28-21)20-24-5-6-25-20/h2,4-6,8-10,12,16H,1,3,7H2,(H,24,25)(H,26,28)/t12?,16-/m0/s1. The quantitative estimate of drug-likeness (QED) is 0.477. The van der Waals surface area contributed by atoms with Crippen LogP contribution in [0.2, 0.25) is 5.02 Å².